The number of phenols is 1. The molecule has 1 aromatic carbocycles. The third-order valence-electron chi connectivity index (χ3n) is 2.08. The molecule has 0 amide bonds. The Balaban J connectivity index is 2.55. The Kier molecular flexibility index (Phi) is 2.24. The Labute approximate surface area is 90.4 Å². The number of anilines is 1. The first-order valence-electron chi connectivity index (χ1n) is 4.46. The van der Waals surface area contributed by atoms with Crippen molar-refractivity contribution < 1.29 is 15.0 Å². The molecule has 0 aliphatic rings. The minimum Gasteiger partial charge on any atom is -0.508 e. The van der Waals surface area contributed by atoms with E-state index in [1.54, 1.807) is 12.1 Å². The summed E-state index contributed by atoms with van der Waals surface area (Å²) in [6.45, 7) is 0. The molecule has 6 heteroatoms. The molecular weight excluding hydrogens is 210 g/mol. The van der Waals surface area contributed by atoms with E-state index in [1.807, 2.05) is 0 Å². The Morgan fingerprint density at radius 1 is 1.31 bits per heavy atom. The second kappa shape index (κ2) is 3.58. The Bertz CT molecular complexity index is 531. The number of aromatic hydroxyl groups is 1. The maximum Gasteiger partial charge on any atom is 0.354 e. The normalized spacial score (nSPS) is 10.2. The van der Waals surface area contributed by atoms with E-state index >= 15 is 0 Å². The highest BCUT2D eigenvalue weighted by molar-refractivity contribution is 5.93. The number of rotatable bonds is 2. The number of hydrogen-bond donors (Lipinski definition) is 4. The van der Waals surface area contributed by atoms with Crippen LogP contribution in [0.2, 0.25) is 0 Å². The number of imidazole rings is 1. The molecule has 16 heavy (non-hydrogen) atoms. The predicted octanol–water partition coefficient (Wildman–Crippen LogP) is 1.06. The highest BCUT2D eigenvalue weighted by Gasteiger charge is 2.16. The zero-order valence-corrected chi connectivity index (χ0v) is 8.14. The van der Waals surface area contributed by atoms with Crippen LogP contribution in [0.4, 0.5) is 5.95 Å². The summed E-state index contributed by atoms with van der Waals surface area (Å²) in [5.41, 5.74) is 6.17. The minimum atomic E-state index is -1.13. The average molecular weight is 219 g/mol. The number of benzene rings is 1. The fraction of sp³-hybridized carbons (Fsp3) is 0. The van der Waals surface area contributed by atoms with Gasteiger partial charge in [0.2, 0.25) is 0 Å². The van der Waals surface area contributed by atoms with Crippen molar-refractivity contribution in [2.45, 2.75) is 0 Å². The highest BCUT2D eigenvalue weighted by Crippen LogP contribution is 2.24. The molecule has 2 rings (SSSR count). The molecule has 0 atom stereocenters. The summed E-state index contributed by atoms with van der Waals surface area (Å²) in [6, 6.07) is 6.03. The van der Waals surface area contributed by atoms with Gasteiger partial charge in [0.25, 0.3) is 0 Å². The number of aromatic carboxylic acids is 1. The van der Waals surface area contributed by atoms with E-state index in [2.05, 4.69) is 9.97 Å². The number of hydrogen-bond acceptors (Lipinski definition) is 4. The van der Waals surface area contributed by atoms with Gasteiger partial charge in [0, 0.05) is 5.56 Å². The SMILES string of the molecule is Nc1nc(-c2ccc(O)cc2)c(C(=O)O)[nH]1. The Hall–Kier alpha value is -2.50. The summed E-state index contributed by atoms with van der Waals surface area (Å²) in [6.07, 6.45) is 0. The zero-order chi connectivity index (χ0) is 11.7. The van der Waals surface area contributed by atoms with Gasteiger partial charge in [-0.05, 0) is 24.3 Å². The lowest BCUT2D eigenvalue weighted by Gasteiger charge is -1.98. The lowest BCUT2D eigenvalue weighted by molar-refractivity contribution is 0.0692. The summed E-state index contributed by atoms with van der Waals surface area (Å²) in [4.78, 5) is 17.3. The molecule has 0 unspecified atom stereocenters. The Morgan fingerprint density at radius 2 is 1.94 bits per heavy atom. The molecule has 0 bridgehead atoms. The van der Waals surface area contributed by atoms with Gasteiger partial charge in [0.1, 0.15) is 11.4 Å². The van der Waals surface area contributed by atoms with Crippen LogP contribution < -0.4 is 5.73 Å². The molecule has 82 valence electrons. The molecular formula is C10H9N3O3. The van der Waals surface area contributed by atoms with Crippen LogP contribution in [0.5, 0.6) is 5.75 Å². The molecule has 0 saturated carbocycles. The zero-order valence-electron chi connectivity index (χ0n) is 8.14. The van der Waals surface area contributed by atoms with Gasteiger partial charge < -0.3 is 20.9 Å². The maximum absolute atomic E-state index is 10.9. The molecule has 0 aliphatic carbocycles. The predicted molar refractivity (Wildman–Crippen MR) is 57.1 cm³/mol. The van der Waals surface area contributed by atoms with Crippen LogP contribution in [0.1, 0.15) is 10.5 Å². The third-order valence-corrected chi connectivity index (χ3v) is 2.08. The lowest BCUT2D eigenvalue weighted by atomic mass is 10.1. The van der Waals surface area contributed by atoms with Gasteiger partial charge in [0.05, 0.1) is 0 Å². The smallest absolute Gasteiger partial charge is 0.354 e. The van der Waals surface area contributed by atoms with Crippen molar-refractivity contribution in [3.63, 3.8) is 0 Å². The molecule has 5 N–H and O–H groups in total. The summed E-state index contributed by atoms with van der Waals surface area (Å²) in [5.74, 6) is -0.989. The van der Waals surface area contributed by atoms with Crippen molar-refractivity contribution in [3.8, 4) is 17.0 Å². The molecule has 0 radical (unpaired) electrons. The van der Waals surface area contributed by atoms with Crippen molar-refractivity contribution in [1.29, 1.82) is 0 Å². The number of carbonyl (C=O) groups is 1. The monoisotopic (exact) mass is 219 g/mol. The number of nitrogen functional groups attached to an aromatic ring is 1. The molecule has 6 nitrogen and oxygen atoms in total. The first-order chi connectivity index (χ1) is 7.58. The van der Waals surface area contributed by atoms with Crippen LogP contribution in [0, 0.1) is 0 Å². The van der Waals surface area contributed by atoms with Crippen molar-refractivity contribution in [3.05, 3.63) is 30.0 Å². The van der Waals surface area contributed by atoms with E-state index in [1.165, 1.54) is 12.1 Å². The van der Waals surface area contributed by atoms with Crippen LogP contribution in [0.15, 0.2) is 24.3 Å². The van der Waals surface area contributed by atoms with Gasteiger partial charge in [0.15, 0.2) is 11.6 Å². The van der Waals surface area contributed by atoms with Gasteiger partial charge in [-0.25, -0.2) is 9.78 Å². The standard InChI is InChI=1S/C10H9N3O3/c11-10-12-7(8(13-10)9(15)16)5-1-3-6(14)4-2-5/h1-4,14H,(H,15,16)(H3,11,12,13). The fourth-order valence-corrected chi connectivity index (χ4v) is 1.37. The summed E-state index contributed by atoms with van der Waals surface area (Å²) >= 11 is 0. The van der Waals surface area contributed by atoms with E-state index in [0.717, 1.165) is 0 Å². The molecule has 0 saturated heterocycles. The second-order valence-corrected chi connectivity index (χ2v) is 3.20. The first-order valence-corrected chi connectivity index (χ1v) is 4.46. The van der Waals surface area contributed by atoms with Crippen LogP contribution in [-0.2, 0) is 0 Å². The first kappa shape index (κ1) is 10.0. The van der Waals surface area contributed by atoms with E-state index in [-0.39, 0.29) is 23.1 Å². The number of carboxylic acids is 1. The number of aromatic amines is 1. The van der Waals surface area contributed by atoms with Crippen LogP contribution in [0.3, 0.4) is 0 Å². The molecule has 1 aromatic heterocycles. The van der Waals surface area contributed by atoms with Crippen molar-refractivity contribution >= 4 is 11.9 Å². The van der Waals surface area contributed by atoms with Crippen molar-refractivity contribution in [1.82, 2.24) is 9.97 Å². The van der Waals surface area contributed by atoms with Gasteiger partial charge in [-0.2, -0.15) is 0 Å². The van der Waals surface area contributed by atoms with Crippen molar-refractivity contribution in [2.75, 3.05) is 5.73 Å². The van der Waals surface area contributed by atoms with Gasteiger partial charge in [-0.15, -0.1) is 0 Å². The van der Waals surface area contributed by atoms with Crippen LogP contribution in [-0.4, -0.2) is 26.2 Å². The van der Waals surface area contributed by atoms with E-state index in [9.17, 15) is 4.79 Å². The van der Waals surface area contributed by atoms with E-state index < -0.39 is 5.97 Å². The quantitative estimate of drug-likeness (QED) is 0.603. The second-order valence-electron chi connectivity index (χ2n) is 3.20. The maximum atomic E-state index is 10.9. The van der Waals surface area contributed by atoms with Gasteiger partial charge >= 0.3 is 5.97 Å². The van der Waals surface area contributed by atoms with E-state index in [0.29, 0.717) is 5.56 Å². The number of carboxylic acid groups (broad SMARTS) is 1. The number of H-pyrrole nitrogens is 1. The lowest BCUT2D eigenvalue weighted by Crippen LogP contribution is -1.99. The van der Waals surface area contributed by atoms with E-state index in [4.69, 9.17) is 15.9 Å². The van der Waals surface area contributed by atoms with Crippen LogP contribution >= 0.6 is 0 Å². The molecule has 2 aromatic rings. The minimum absolute atomic E-state index is 0.0421. The molecule has 0 fully saturated rings. The Morgan fingerprint density at radius 3 is 2.50 bits per heavy atom. The number of nitrogens with one attached hydrogen (secondary N) is 1. The number of aromatic nitrogens is 2. The van der Waals surface area contributed by atoms with Gasteiger partial charge in [-0.1, -0.05) is 0 Å². The molecule has 0 aliphatic heterocycles. The third kappa shape index (κ3) is 1.68. The van der Waals surface area contributed by atoms with Crippen LogP contribution in [0.25, 0.3) is 11.3 Å². The summed E-state index contributed by atoms with van der Waals surface area (Å²) < 4.78 is 0. The number of nitrogens with zero attached hydrogens (tertiary/aromatic N) is 1. The number of nitrogens with two attached hydrogens (primary N) is 1. The molecule has 1 heterocycles. The van der Waals surface area contributed by atoms with Crippen molar-refractivity contribution in [2.24, 2.45) is 0 Å². The van der Waals surface area contributed by atoms with Gasteiger partial charge in [-0.3, -0.25) is 0 Å². The number of phenolic OH excluding ortho intramolecular Hbond substituents is 1. The average Bonchev–Trinajstić information content (AvgIpc) is 2.61. The largest absolute Gasteiger partial charge is 0.508 e. The summed E-state index contributed by atoms with van der Waals surface area (Å²) in [5, 5.41) is 18.0. The summed E-state index contributed by atoms with van der Waals surface area (Å²) in [7, 11) is 0. The topological polar surface area (TPSA) is 112 Å². The molecule has 0 spiro atoms. The highest BCUT2D eigenvalue weighted by atomic mass is 16.4. The fourth-order valence-electron chi connectivity index (χ4n) is 1.37.